The minimum Gasteiger partial charge on any atom is -0.359 e. The SMILES string of the molecule is CC(C)OCNc1c(SC(F)(F)F)c(C#N)nn1-c1c(Cl)cc(C(F)(F)F)cc1Cl. The summed E-state index contributed by atoms with van der Waals surface area (Å²) < 4.78 is 84.0. The van der Waals surface area contributed by atoms with Crippen molar-refractivity contribution in [1.29, 1.82) is 5.26 Å². The number of nitrogens with zero attached hydrogens (tertiary/aromatic N) is 3. The third kappa shape index (κ3) is 5.87. The smallest absolute Gasteiger partial charge is 0.359 e. The number of alkyl halides is 6. The van der Waals surface area contributed by atoms with Gasteiger partial charge in [0.25, 0.3) is 0 Å². The van der Waals surface area contributed by atoms with Gasteiger partial charge in [0.05, 0.1) is 26.6 Å². The number of aromatic nitrogens is 2. The lowest BCUT2D eigenvalue weighted by molar-refractivity contribution is -0.137. The van der Waals surface area contributed by atoms with Gasteiger partial charge in [0.2, 0.25) is 0 Å². The van der Waals surface area contributed by atoms with Crippen LogP contribution in [-0.2, 0) is 10.9 Å². The molecule has 0 saturated heterocycles. The van der Waals surface area contributed by atoms with Crippen LogP contribution < -0.4 is 5.32 Å². The van der Waals surface area contributed by atoms with Crippen LogP contribution in [0.2, 0.25) is 10.0 Å². The lowest BCUT2D eigenvalue weighted by Crippen LogP contribution is -2.15. The molecule has 30 heavy (non-hydrogen) atoms. The molecule has 14 heteroatoms. The van der Waals surface area contributed by atoms with E-state index >= 15 is 0 Å². The Balaban J connectivity index is 2.68. The van der Waals surface area contributed by atoms with E-state index in [0.717, 1.165) is 4.68 Å². The highest BCUT2D eigenvalue weighted by Gasteiger charge is 2.36. The van der Waals surface area contributed by atoms with Crippen molar-refractivity contribution >= 4 is 40.8 Å². The van der Waals surface area contributed by atoms with Crippen LogP contribution in [0.5, 0.6) is 0 Å². The number of thioether (sulfide) groups is 1. The molecule has 1 heterocycles. The fraction of sp³-hybridized carbons (Fsp3) is 0.375. The number of nitrogens with one attached hydrogen (secondary N) is 1. The normalized spacial score (nSPS) is 12.3. The number of nitriles is 1. The zero-order valence-corrected chi connectivity index (χ0v) is 17.4. The van der Waals surface area contributed by atoms with Crippen LogP contribution in [0, 0.1) is 11.3 Å². The molecule has 1 aromatic heterocycles. The Hall–Kier alpha value is -1.81. The maximum Gasteiger partial charge on any atom is 0.446 e. The molecule has 0 aliphatic heterocycles. The van der Waals surface area contributed by atoms with Gasteiger partial charge in [0, 0.05) is 0 Å². The second kappa shape index (κ2) is 9.13. The van der Waals surface area contributed by atoms with E-state index in [1.165, 1.54) is 6.07 Å². The van der Waals surface area contributed by atoms with Crippen molar-refractivity contribution in [2.45, 2.75) is 36.5 Å². The predicted molar refractivity (Wildman–Crippen MR) is 99.9 cm³/mol. The monoisotopic (exact) mass is 492 g/mol. The highest BCUT2D eigenvalue weighted by Crippen LogP contribution is 2.45. The molecule has 2 aromatic rings. The topological polar surface area (TPSA) is 62.9 Å². The Bertz CT molecular complexity index is 945. The summed E-state index contributed by atoms with van der Waals surface area (Å²) in [6, 6.07) is 2.64. The minimum atomic E-state index is -4.78. The van der Waals surface area contributed by atoms with Gasteiger partial charge in [-0.1, -0.05) is 23.2 Å². The lowest BCUT2D eigenvalue weighted by Gasteiger charge is -2.17. The van der Waals surface area contributed by atoms with Crippen molar-refractivity contribution in [3.63, 3.8) is 0 Å². The number of ether oxygens (including phenoxy) is 1. The largest absolute Gasteiger partial charge is 0.446 e. The van der Waals surface area contributed by atoms with Crippen molar-refractivity contribution in [3.8, 4) is 11.8 Å². The van der Waals surface area contributed by atoms with E-state index in [1.54, 1.807) is 13.8 Å². The van der Waals surface area contributed by atoms with Crippen molar-refractivity contribution in [1.82, 2.24) is 9.78 Å². The highest BCUT2D eigenvalue weighted by atomic mass is 35.5. The van der Waals surface area contributed by atoms with Crippen LogP contribution in [0.25, 0.3) is 5.69 Å². The first-order valence-electron chi connectivity index (χ1n) is 7.95. The number of rotatable bonds is 6. The molecule has 5 nitrogen and oxygen atoms in total. The standard InChI is InChI=1S/C16H12Cl2F6N4OS/c1-7(2)29-6-26-14-13(30-16(22,23)24)11(5-25)27-28(14)12-9(17)3-8(4-10(12)18)15(19,20)21/h3-4,7,26H,6H2,1-2H3. The molecule has 0 bridgehead atoms. The van der Waals surface area contributed by atoms with Gasteiger partial charge in [-0.2, -0.15) is 36.7 Å². The molecule has 0 unspecified atom stereocenters. The fourth-order valence-corrected chi connectivity index (χ4v) is 3.53. The second-order valence-corrected chi connectivity index (χ2v) is 7.81. The van der Waals surface area contributed by atoms with Crippen molar-refractivity contribution in [3.05, 3.63) is 33.4 Å². The van der Waals surface area contributed by atoms with Gasteiger partial charge >= 0.3 is 11.7 Å². The zero-order chi connectivity index (χ0) is 22.9. The van der Waals surface area contributed by atoms with Crippen LogP contribution in [0.4, 0.5) is 32.2 Å². The van der Waals surface area contributed by atoms with E-state index in [2.05, 4.69) is 10.4 Å². The molecule has 0 aliphatic rings. The first kappa shape index (κ1) is 24.5. The maximum atomic E-state index is 13.0. The number of anilines is 1. The maximum absolute atomic E-state index is 13.0. The van der Waals surface area contributed by atoms with E-state index in [9.17, 15) is 31.6 Å². The average molecular weight is 493 g/mol. The van der Waals surface area contributed by atoms with Crippen molar-refractivity contribution in [2.75, 3.05) is 12.0 Å². The first-order chi connectivity index (χ1) is 13.7. The Morgan fingerprint density at radius 3 is 2.20 bits per heavy atom. The van der Waals surface area contributed by atoms with Crippen LogP contribution in [0.3, 0.4) is 0 Å². The second-order valence-electron chi connectivity index (χ2n) is 5.92. The molecule has 0 spiro atoms. The molecular formula is C16H12Cl2F6N4OS. The Morgan fingerprint density at radius 1 is 1.20 bits per heavy atom. The van der Waals surface area contributed by atoms with E-state index in [4.69, 9.17) is 27.9 Å². The summed E-state index contributed by atoms with van der Waals surface area (Å²) >= 11 is 11.3. The van der Waals surface area contributed by atoms with Gasteiger partial charge in [-0.15, -0.1) is 0 Å². The Labute approximate surface area is 180 Å². The van der Waals surface area contributed by atoms with E-state index in [-0.39, 0.29) is 24.3 Å². The predicted octanol–water partition coefficient (Wildman–Crippen LogP) is 6.48. The quantitative estimate of drug-likeness (QED) is 0.284. The highest BCUT2D eigenvalue weighted by molar-refractivity contribution is 8.00. The van der Waals surface area contributed by atoms with Gasteiger partial charge in [-0.05, 0) is 37.7 Å². The molecule has 0 aliphatic carbocycles. The van der Waals surface area contributed by atoms with Crippen LogP contribution in [0.15, 0.2) is 17.0 Å². The molecule has 0 amide bonds. The number of hydrogen-bond acceptors (Lipinski definition) is 5. The first-order valence-corrected chi connectivity index (χ1v) is 9.52. The molecule has 1 aromatic carbocycles. The van der Waals surface area contributed by atoms with Gasteiger partial charge in [0.15, 0.2) is 5.69 Å². The molecule has 0 fully saturated rings. The van der Waals surface area contributed by atoms with Crippen LogP contribution in [-0.4, -0.2) is 28.1 Å². The molecule has 2 rings (SSSR count). The van der Waals surface area contributed by atoms with E-state index in [1.807, 2.05) is 0 Å². The van der Waals surface area contributed by atoms with Crippen LogP contribution in [0.1, 0.15) is 25.1 Å². The van der Waals surface area contributed by atoms with Gasteiger partial charge in [-0.25, -0.2) is 4.68 Å². The van der Waals surface area contributed by atoms with E-state index in [0.29, 0.717) is 12.1 Å². The summed E-state index contributed by atoms with van der Waals surface area (Å²) in [5.41, 5.74) is -6.89. The minimum absolute atomic E-state index is 0.282. The molecular weight excluding hydrogens is 481 g/mol. The molecule has 0 saturated carbocycles. The lowest BCUT2D eigenvalue weighted by atomic mass is 10.2. The third-order valence-corrected chi connectivity index (χ3v) is 4.78. The number of hydrogen-bond donors (Lipinski definition) is 1. The van der Waals surface area contributed by atoms with Crippen molar-refractivity contribution < 1.29 is 31.1 Å². The average Bonchev–Trinajstić information content (AvgIpc) is 2.89. The number of halogens is 8. The summed E-state index contributed by atoms with van der Waals surface area (Å²) in [5, 5.41) is 14.5. The molecule has 1 N–H and O–H groups in total. The Kier molecular flexibility index (Phi) is 7.45. The molecule has 0 radical (unpaired) electrons. The van der Waals surface area contributed by atoms with Crippen molar-refractivity contribution in [2.24, 2.45) is 0 Å². The third-order valence-electron chi connectivity index (χ3n) is 3.38. The number of benzene rings is 1. The Morgan fingerprint density at radius 2 is 1.77 bits per heavy atom. The van der Waals surface area contributed by atoms with E-state index < -0.39 is 49.6 Å². The molecule has 0 atom stereocenters. The summed E-state index contributed by atoms with van der Waals surface area (Å²) in [6.45, 7) is 3.07. The van der Waals surface area contributed by atoms with Gasteiger partial charge < -0.3 is 10.1 Å². The summed E-state index contributed by atoms with van der Waals surface area (Å²) in [6.07, 6.45) is -5.04. The van der Waals surface area contributed by atoms with Crippen LogP contribution >= 0.6 is 35.0 Å². The summed E-state index contributed by atoms with van der Waals surface area (Å²) in [7, 11) is 0. The summed E-state index contributed by atoms with van der Waals surface area (Å²) in [5.74, 6) is -0.363. The fourth-order valence-electron chi connectivity index (χ4n) is 2.21. The zero-order valence-electron chi connectivity index (χ0n) is 15.1. The summed E-state index contributed by atoms with van der Waals surface area (Å²) in [4.78, 5) is -0.607. The van der Waals surface area contributed by atoms with Gasteiger partial charge in [0.1, 0.15) is 24.3 Å². The molecule has 164 valence electrons. The van der Waals surface area contributed by atoms with Gasteiger partial charge in [-0.3, -0.25) is 0 Å².